The van der Waals surface area contributed by atoms with Gasteiger partial charge in [0.2, 0.25) is 0 Å². The Morgan fingerprint density at radius 1 is 1.31 bits per heavy atom. The fourth-order valence-electron chi connectivity index (χ4n) is 1.26. The zero-order valence-corrected chi connectivity index (χ0v) is 10.2. The molecule has 0 aliphatic carbocycles. The van der Waals surface area contributed by atoms with E-state index in [1.54, 1.807) is 6.08 Å². The Labute approximate surface area is 111 Å². The first-order valence-corrected chi connectivity index (χ1v) is 5.24. The first kappa shape index (κ1) is 17.6. The van der Waals surface area contributed by atoms with Gasteiger partial charge >= 0.3 is 94.7 Å². The van der Waals surface area contributed by atoms with Crippen LogP contribution in [0.15, 0.2) is 48.1 Å². The van der Waals surface area contributed by atoms with Gasteiger partial charge in [-0.1, -0.05) is 7.43 Å². The summed E-state index contributed by atoms with van der Waals surface area (Å²) >= 11 is 2.52. The third-order valence-corrected chi connectivity index (χ3v) is 2.06. The van der Waals surface area contributed by atoms with E-state index in [0.717, 1.165) is 12.0 Å². The van der Waals surface area contributed by atoms with Crippen LogP contribution in [0.25, 0.3) is 0 Å². The summed E-state index contributed by atoms with van der Waals surface area (Å²) in [7, 11) is 0. The van der Waals surface area contributed by atoms with Gasteiger partial charge in [0.25, 0.3) is 0 Å². The molecule has 0 amide bonds. The molecule has 0 aliphatic rings. The van der Waals surface area contributed by atoms with Crippen LogP contribution in [-0.4, -0.2) is 12.6 Å². The molecule has 2 heteroatoms. The molecule has 0 saturated heterocycles. The zero-order valence-electron chi connectivity index (χ0n) is 8.85. The van der Waals surface area contributed by atoms with Crippen molar-refractivity contribution in [2.24, 2.45) is 0 Å². The Balaban J connectivity index is 0. The van der Waals surface area contributed by atoms with Gasteiger partial charge < -0.3 is 0 Å². The second kappa shape index (κ2) is 9.45. The van der Waals surface area contributed by atoms with E-state index >= 15 is 0 Å². The van der Waals surface area contributed by atoms with Crippen LogP contribution in [0.4, 0.5) is 0 Å². The molecular formula is C14H17BV-. The standard InChI is InChI=1S/C13H13.CH4.B.V/c1-3-8-12(4-2)11-13-9-6-5-7-10-13;;;/h2,4-10H,11H2,1H3;1H4;;/q-1;;;. The summed E-state index contributed by atoms with van der Waals surface area (Å²) in [6, 6.07) is 10.3. The average molecular weight is 247 g/mol. The fourth-order valence-corrected chi connectivity index (χ4v) is 1.52. The van der Waals surface area contributed by atoms with Crippen LogP contribution in [0.1, 0.15) is 19.9 Å². The Kier molecular flexibility index (Phi) is 10.4. The number of hydrogen-bond donors (Lipinski definition) is 0. The molecule has 82 valence electrons. The van der Waals surface area contributed by atoms with E-state index in [1.165, 1.54) is 9.79 Å². The summed E-state index contributed by atoms with van der Waals surface area (Å²) in [5.41, 5.74) is 2.43. The van der Waals surface area contributed by atoms with E-state index in [-0.39, 0.29) is 15.8 Å². The molecule has 0 aromatic heterocycles. The molecule has 0 saturated carbocycles. The molecule has 16 heavy (non-hydrogen) atoms. The monoisotopic (exact) mass is 247 g/mol. The predicted molar refractivity (Wildman–Crippen MR) is 70.3 cm³/mol. The van der Waals surface area contributed by atoms with Crippen LogP contribution in [0.5, 0.6) is 0 Å². The molecule has 0 atom stereocenters. The van der Waals surface area contributed by atoms with Crippen LogP contribution in [-0.2, 0) is 23.4 Å². The summed E-state index contributed by atoms with van der Waals surface area (Å²) in [4.78, 5) is 0. The van der Waals surface area contributed by atoms with Crippen LogP contribution in [0.2, 0.25) is 0 Å². The first-order chi connectivity index (χ1) is 6.72. The van der Waals surface area contributed by atoms with Crippen molar-refractivity contribution >= 4 is 12.6 Å². The molecule has 0 heterocycles. The van der Waals surface area contributed by atoms with Gasteiger partial charge in [-0.15, -0.1) is 0 Å². The third kappa shape index (κ3) is 6.66. The minimum atomic E-state index is 0. The second-order valence-corrected chi connectivity index (χ2v) is 4.29. The Morgan fingerprint density at radius 3 is 2.31 bits per heavy atom. The van der Waals surface area contributed by atoms with Crippen LogP contribution in [0, 0.1) is 6.58 Å². The van der Waals surface area contributed by atoms with Crippen molar-refractivity contribution in [2.45, 2.75) is 20.8 Å². The van der Waals surface area contributed by atoms with Crippen LogP contribution in [0.3, 0.4) is 0 Å². The van der Waals surface area contributed by atoms with Gasteiger partial charge in [-0.2, -0.15) is 0 Å². The molecule has 1 aromatic carbocycles. The van der Waals surface area contributed by atoms with Crippen molar-refractivity contribution in [3.05, 3.63) is 60.2 Å². The van der Waals surface area contributed by atoms with Gasteiger partial charge in [0.1, 0.15) is 0 Å². The van der Waals surface area contributed by atoms with E-state index in [9.17, 15) is 0 Å². The van der Waals surface area contributed by atoms with Crippen molar-refractivity contribution in [2.75, 3.05) is 0 Å². The fraction of sp³-hybridized carbons (Fsp3) is 0.214. The summed E-state index contributed by atoms with van der Waals surface area (Å²) in [5.74, 6) is 0. The molecule has 0 bridgehead atoms. The topological polar surface area (TPSA) is 0 Å². The average Bonchev–Trinajstić information content (AvgIpc) is 2.17. The molecule has 0 spiro atoms. The van der Waals surface area contributed by atoms with Crippen molar-refractivity contribution in [3.63, 3.8) is 0 Å². The third-order valence-electron chi connectivity index (χ3n) is 1.86. The number of benzene rings is 1. The maximum atomic E-state index is 5.56. The first-order valence-electron chi connectivity index (χ1n) is 4.54. The molecule has 0 aliphatic heterocycles. The molecule has 3 radical (unpaired) electrons. The Bertz CT molecular complexity index is 352. The second-order valence-electron chi connectivity index (χ2n) is 3.19. The van der Waals surface area contributed by atoms with Gasteiger partial charge in [-0.3, -0.25) is 0 Å². The SMILES string of the molecule is C.[B].[CH-]=CC(=C[C](C)=[V])Cc1ccccc1. The van der Waals surface area contributed by atoms with E-state index < -0.39 is 0 Å². The van der Waals surface area contributed by atoms with E-state index in [4.69, 9.17) is 6.58 Å². The molecule has 1 aromatic rings. The zero-order chi connectivity index (χ0) is 10.4. The predicted octanol–water partition coefficient (Wildman–Crippen LogP) is 3.14. The van der Waals surface area contributed by atoms with Crippen molar-refractivity contribution in [3.8, 4) is 0 Å². The Hall–Kier alpha value is -0.781. The minimum absolute atomic E-state index is 0. The molecule has 0 N–H and O–H groups in total. The summed E-state index contributed by atoms with van der Waals surface area (Å²) < 4.78 is 1.21. The van der Waals surface area contributed by atoms with E-state index in [2.05, 4.69) is 42.1 Å². The van der Waals surface area contributed by atoms with E-state index in [0.29, 0.717) is 0 Å². The number of hydrogen-bond acceptors (Lipinski definition) is 0. The molecule has 0 nitrogen and oxygen atoms in total. The molecular weight excluding hydrogens is 230 g/mol. The van der Waals surface area contributed by atoms with Crippen molar-refractivity contribution in [1.82, 2.24) is 0 Å². The Morgan fingerprint density at radius 2 is 1.88 bits per heavy atom. The van der Waals surface area contributed by atoms with Gasteiger partial charge in [0.15, 0.2) is 0 Å². The van der Waals surface area contributed by atoms with Crippen LogP contribution >= 0.6 is 0 Å². The van der Waals surface area contributed by atoms with Crippen molar-refractivity contribution in [1.29, 1.82) is 0 Å². The number of rotatable bonds is 4. The van der Waals surface area contributed by atoms with Gasteiger partial charge in [0.05, 0.1) is 0 Å². The van der Waals surface area contributed by atoms with E-state index in [1.807, 2.05) is 18.2 Å². The molecule has 0 unspecified atom stereocenters. The van der Waals surface area contributed by atoms with Gasteiger partial charge in [-0.25, -0.2) is 0 Å². The molecule has 0 fully saturated rings. The summed E-state index contributed by atoms with van der Waals surface area (Å²) in [5, 5.41) is 0. The van der Waals surface area contributed by atoms with Gasteiger partial charge in [0, 0.05) is 8.41 Å². The number of allylic oxidation sites excluding steroid dienone is 3. The molecule has 1 rings (SSSR count). The normalized spacial score (nSPS) is 9.62. The van der Waals surface area contributed by atoms with Crippen molar-refractivity contribution < 1.29 is 17.0 Å². The summed E-state index contributed by atoms with van der Waals surface area (Å²) in [6.07, 6.45) is 4.66. The quantitative estimate of drug-likeness (QED) is 0.435. The maximum absolute atomic E-state index is 5.56. The van der Waals surface area contributed by atoms with Gasteiger partial charge in [-0.05, 0) is 0 Å². The van der Waals surface area contributed by atoms with Crippen LogP contribution < -0.4 is 0 Å². The summed E-state index contributed by atoms with van der Waals surface area (Å²) in [6.45, 7) is 7.61.